The minimum absolute atomic E-state index is 0.198. The van der Waals surface area contributed by atoms with Gasteiger partial charge in [0.2, 0.25) is 0 Å². The van der Waals surface area contributed by atoms with Crippen LogP contribution in [0.15, 0.2) is 0 Å². The number of aryl methyl sites for hydroxylation is 2. The number of hydrogen-bond donors (Lipinski definition) is 1. The molecule has 6 nitrogen and oxygen atoms in total. The maximum absolute atomic E-state index is 11.2. The standard InChI is InChI=1S/C13H24N4O2/c1-5-8-10(14-7-3)9-12-13(17(18)19)11(6-2)15-16(12)4/h10,14H,5-9H2,1-4H3. The van der Waals surface area contributed by atoms with Crippen LogP contribution in [0, 0.1) is 10.1 Å². The summed E-state index contributed by atoms with van der Waals surface area (Å²) in [5, 5.41) is 18.9. The van der Waals surface area contributed by atoms with E-state index in [1.165, 1.54) is 0 Å². The van der Waals surface area contributed by atoms with Gasteiger partial charge in [-0.1, -0.05) is 27.2 Å². The van der Waals surface area contributed by atoms with E-state index in [0.29, 0.717) is 18.5 Å². The molecule has 0 saturated heterocycles. The number of nitrogens with one attached hydrogen (secondary N) is 1. The van der Waals surface area contributed by atoms with Crippen LogP contribution in [0.2, 0.25) is 0 Å². The molecule has 0 aromatic carbocycles. The highest BCUT2D eigenvalue weighted by atomic mass is 16.6. The SMILES string of the molecule is CCCC(Cc1c([N+](=O)[O-])c(CC)nn1C)NCC. The third kappa shape index (κ3) is 3.76. The minimum atomic E-state index is -0.296. The van der Waals surface area contributed by atoms with Crippen LogP contribution in [0.4, 0.5) is 5.69 Å². The highest BCUT2D eigenvalue weighted by molar-refractivity contribution is 5.41. The first-order valence-corrected chi connectivity index (χ1v) is 6.97. The third-order valence-corrected chi connectivity index (χ3v) is 3.30. The monoisotopic (exact) mass is 268 g/mol. The fourth-order valence-electron chi connectivity index (χ4n) is 2.43. The molecule has 6 heteroatoms. The predicted octanol–water partition coefficient (Wildman–Crippen LogP) is 2.21. The van der Waals surface area contributed by atoms with Crippen LogP contribution in [-0.2, 0) is 19.9 Å². The van der Waals surface area contributed by atoms with Gasteiger partial charge in [0, 0.05) is 19.5 Å². The van der Waals surface area contributed by atoms with Crippen LogP contribution >= 0.6 is 0 Å². The first-order valence-electron chi connectivity index (χ1n) is 6.97. The van der Waals surface area contributed by atoms with Gasteiger partial charge in [-0.3, -0.25) is 14.8 Å². The van der Waals surface area contributed by atoms with E-state index in [-0.39, 0.29) is 16.7 Å². The van der Waals surface area contributed by atoms with Crippen molar-refractivity contribution in [2.45, 2.75) is 52.5 Å². The smallest absolute Gasteiger partial charge is 0.313 e. The molecule has 19 heavy (non-hydrogen) atoms. The quantitative estimate of drug-likeness (QED) is 0.579. The lowest BCUT2D eigenvalue weighted by Crippen LogP contribution is -2.31. The molecule has 1 atom stereocenters. The molecular formula is C13H24N4O2. The molecule has 1 heterocycles. The van der Waals surface area contributed by atoms with Gasteiger partial charge >= 0.3 is 5.69 Å². The van der Waals surface area contributed by atoms with Crippen LogP contribution in [0.3, 0.4) is 0 Å². The Morgan fingerprint density at radius 2 is 2.11 bits per heavy atom. The van der Waals surface area contributed by atoms with Crippen molar-refractivity contribution in [1.29, 1.82) is 0 Å². The predicted molar refractivity (Wildman–Crippen MR) is 75.3 cm³/mol. The molecule has 0 aliphatic heterocycles. The number of nitrogens with zero attached hydrogens (tertiary/aromatic N) is 3. The van der Waals surface area contributed by atoms with E-state index in [9.17, 15) is 10.1 Å². The Kier molecular flexibility index (Phi) is 5.95. The van der Waals surface area contributed by atoms with Gasteiger partial charge in [0.25, 0.3) is 0 Å². The number of aromatic nitrogens is 2. The molecule has 1 aromatic rings. The summed E-state index contributed by atoms with van der Waals surface area (Å²) in [6, 6.07) is 0.272. The highest BCUT2D eigenvalue weighted by Crippen LogP contribution is 2.25. The second-order valence-corrected chi connectivity index (χ2v) is 4.72. The van der Waals surface area contributed by atoms with Crippen LogP contribution in [0.25, 0.3) is 0 Å². The van der Waals surface area contributed by atoms with E-state index in [1.807, 2.05) is 6.92 Å². The number of likely N-dealkylation sites (N-methyl/N-ethyl adjacent to an activating group) is 1. The summed E-state index contributed by atoms with van der Waals surface area (Å²) >= 11 is 0. The average molecular weight is 268 g/mol. The third-order valence-electron chi connectivity index (χ3n) is 3.30. The second-order valence-electron chi connectivity index (χ2n) is 4.72. The molecular weight excluding hydrogens is 244 g/mol. The molecule has 108 valence electrons. The summed E-state index contributed by atoms with van der Waals surface area (Å²) < 4.78 is 1.66. The van der Waals surface area contributed by atoms with Crippen molar-refractivity contribution in [2.24, 2.45) is 7.05 Å². The Hall–Kier alpha value is -1.43. The zero-order chi connectivity index (χ0) is 14.4. The van der Waals surface area contributed by atoms with Crippen LogP contribution < -0.4 is 5.32 Å². The Balaban J connectivity index is 3.04. The van der Waals surface area contributed by atoms with Crippen molar-refractivity contribution in [3.63, 3.8) is 0 Å². The normalized spacial score (nSPS) is 12.6. The molecule has 0 amide bonds. The Labute approximate surface area is 114 Å². The summed E-state index contributed by atoms with van der Waals surface area (Å²) in [7, 11) is 1.79. The van der Waals surface area contributed by atoms with Crippen molar-refractivity contribution >= 4 is 5.69 Å². The average Bonchev–Trinajstić information content (AvgIpc) is 2.67. The number of rotatable bonds is 8. The van der Waals surface area contributed by atoms with Gasteiger partial charge in [-0.25, -0.2) is 0 Å². The number of nitro groups is 1. The number of hydrogen-bond acceptors (Lipinski definition) is 4. The lowest BCUT2D eigenvalue weighted by molar-refractivity contribution is -0.386. The first-order chi connectivity index (χ1) is 9.04. The van der Waals surface area contributed by atoms with E-state index in [4.69, 9.17) is 0 Å². The van der Waals surface area contributed by atoms with Gasteiger partial charge in [-0.05, 0) is 19.4 Å². The largest absolute Gasteiger partial charge is 0.314 e. The van der Waals surface area contributed by atoms with E-state index < -0.39 is 0 Å². The molecule has 0 radical (unpaired) electrons. The molecule has 0 aliphatic rings. The van der Waals surface area contributed by atoms with Crippen LogP contribution in [0.5, 0.6) is 0 Å². The lowest BCUT2D eigenvalue weighted by atomic mass is 10.0. The summed E-state index contributed by atoms with van der Waals surface area (Å²) in [5.41, 5.74) is 1.50. The maximum atomic E-state index is 11.2. The van der Waals surface area contributed by atoms with Crippen molar-refractivity contribution in [3.8, 4) is 0 Å². The van der Waals surface area contributed by atoms with E-state index in [1.54, 1.807) is 11.7 Å². The Morgan fingerprint density at radius 1 is 1.42 bits per heavy atom. The van der Waals surface area contributed by atoms with E-state index >= 15 is 0 Å². The van der Waals surface area contributed by atoms with Gasteiger partial charge in [-0.15, -0.1) is 0 Å². The molecule has 0 saturated carbocycles. The fraction of sp³-hybridized carbons (Fsp3) is 0.769. The molecule has 0 bridgehead atoms. The van der Waals surface area contributed by atoms with Crippen molar-refractivity contribution in [3.05, 3.63) is 21.5 Å². The maximum Gasteiger partial charge on any atom is 0.313 e. The van der Waals surface area contributed by atoms with Gasteiger partial charge in [0.05, 0.1) is 4.92 Å². The zero-order valence-corrected chi connectivity index (χ0v) is 12.3. The molecule has 1 unspecified atom stereocenters. The molecule has 0 spiro atoms. The fourth-order valence-corrected chi connectivity index (χ4v) is 2.43. The first kappa shape index (κ1) is 15.6. The lowest BCUT2D eigenvalue weighted by Gasteiger charge is -2.16. The molecule has 0 aliphatic carbocycles. The van der Waals surface area contributed by atoms with Gasteiger partial charge in [0.15, 0.2) is 0 Å². The molecule has 0 fully saturated rings. The molecule has 1 rings (SSSR count). The van der Waals surface area contributed by atoms with Crippen molar-refractivity contribution in [2.75, 3.05) is 6.54 Å². The van der Waals surface area contributed by atoms with E-state index in [0.717, 1.165) is 25.1 Å². The van der Waals surface area contributed by atoms with Gasteiger partial charge in [-0.2, -0.15) is 5.10 Å². The van der Waals surface area contributed by atoms with Crippen molar-refractivity contribution in [1.82, 2.24) is 15.1 Å². The van der Waals surface area contributed by atoms with Crippen LogP contribution in [0.1, 0.15) is 45.0 Å². The highest BCUT2D eigenvalue weighted by Gasteiger charge is 2.26. The van der Waals surface area contributed by atoms with Crippen LogP contribution in [-0.4, -0.2) is 27.3 Å². The summed E-state index contributed by atoms with van der Waals surface area (Å²) in [6.07, 6.45) is 3.31. The molecule has 1 N–H and O–H groups in total. The van der Waals surface area contributed by atoms with Gasteiger partial charge in [0.1, 0.15) is 11.4 Å². The Bertz CT molecular complexity index is 423. The zero-order valence-electron chi connectivity index (χ0n) is 12.3. The topological polar surface area (TPSA) is 73.0 Å². The van der Waals surface area contributed by atoms with Gasteiger partial charge < -0.3 is 5.32 Å². The summed E-state index contributed by atoms with van der Waals surface area (Å²) in [4.78, 5) is 10.9. The molecule has 1 aromatic heterocycles. The summed E-state index contributed by atoms with van der Waals surface area (Å²) in [5.74, 6) is 0. The second kappa shape index (κ2) is 7.23. The Morgan fingerprint density at radius 3 is 2.58 bits per heavy atom. The summed E-state index contributed by atoms with van der Waals surface area (Å²) in [6.45, 7) is 6.95. The van der Waals surface area contributed by atoms with Crippen molar-refractivity contribution < 1.29 is 4.92 Å². The minimum Gasteiger partial charge on any atom is -0.314 e. The van der Waals surface area contributed by atoms with E-state index in [2.05, 4.69) is 24.3 Å².